The molecule has 3 nitrogen and oxygen atoms in total. The Labute approximate surface area is 107 Å². The van der Waals surface area contributed by atoms with Crippen LogP contribution in [0.25, 0.3) is 0 Å². The maximum Gasteiger partial charge on any atom is 0.154 e. The van der Waals surface area contributed by atoms with E-state index in [1.54, 1.807) is 0 Å². The van der Waals surface area contributed by atoms with Crippen molar-refractivity contribution in [2.75, 3.05) is 12.3 Å². The molecule has 104 valence electrons. The van der Waals surface area contributed by atoms with Gasteiger partial charge in [-0.05, 0) is 31.7 Å². The van der Waals surface area contributed by atoms with Crippen LogP contribution in [0.3, 0.4) is 0 Å². The summed E-state index contributed by atoms with van der Waals surface area (Å²) >= 11 is 0. The van der Waals surface area contributed by atoms with Gasteiger partial charge >= 0.3 is 0 Å². The molecule has 0 heterocycles. The lowest BCUT2D eigenvalue weighted by atomic mass is 10.1. The van der Waals surface area contributed by atoms with Crippen molar-refractivity contribution in [3.8, 4) is 0 Å². The number of rotatable bonds is 8. The van der Waals surface area contributed by atoms with Gasteiger partial charge in [-0.3, -0.25) is 0 Å². The van der Waals surface area contributed by atoms with Gasteiger partial charge in [-0.2, -0.15) is 0 Å². The van der Waals surface area contributed by atoms with Gasteiger partial charge in [0.15, 0.2) is 9.84 Å². The number of sulfone groups is 1. The van der Waals surface area contributed by atoms with Crippen molar-refractivity contribution in [3.63, 3.8) is 0 Å². The molecule has 17 heavy (non-hydrogen) atoms. The second-order valence-electron chi connectivity index (χ2n) is 5.58. The zero-order valence-electron chi connectivity index (χ0n) is 12.2. The second kappa shape index (κ2) is 7.37. The smallest absolute Gasteiger partial charge is 0.154 e. The molecule has 0 saturated carbocycles. The fourth-order valence-electron chi connectivity index (χ4n) is 1.63. The van der Waals surface area contributed by atoms with Crippen LogP contribution in [0, 0.1) is 11.8 Å². The summed E-state index contributed by atoms with van der Waals surface area (Å²) < 4.78 is 24.4. The first-order valence-electron chi connectivity index (χ1n) is 6.67. The summed E-state index contributed by atoms with van der Waals surface area (Å²) in [6, 6.07) is 0.0705. The zero-order chi connectivity index (χ0) is 13.6. The molecule has 0 aliphatic heterocycles. The van der Waals surface area contributed by atoms with Gasteiger partial charge in [-0.1, -0.05) is 34.6 Å². The average molecular weight is 263 g/mol. The monoisotopic (exact) mass is 263 g/mol. The third-order valence-corrected chi connectivity index (χ3v) is 5.88. The standard InChI is InChI=1S/C13H29NO2S/c1-7-8-14-13(11(4)5)9-17(15,16)12(6)10(2)3/h10-14H,7-9H2,1-6H3. The Balaban J connectivity index is 4.63. The zero-order valence-corrected chi connectivity index (χ0v) is 13.0. The first-order valence-corrected chi connectivity index (χ1v) is 8.38. The highest BCUT2D eigenvalue weighted by atomic mass is 32.2. The largest absolute Gasteiger partial charge is 0.313 e. The molecule has 0 saturated heterocycles. The van der Waals surface area contributed by atoms with E-state index in [0.29, 0.717) is 5.92 Å². The lowest BCUT2D eigenvalue weighted by Crippen LogP contribution is -2.43. The van der Waals surface area contributed by atoms with E-state index in [0.717, 1.165) is 13.0 Å². The lowest BCUT2D eigenvalue weighted by Gasteiger charge is -2.25. The predicted molar refractivity (Wildman–Crippen MR) is 75.0 cm³/mol. The summed E-state index contributed by atoms with van der Waals surface area (Å²) in [7, 11) is -3.00. The second-order valence-corrected chi connectivity index (χ2v) is 7.99. The molecule has 2 unspecified atom stereocenters. The molecule has 0 fully saturated rings. The highest BCUT2D eigenvalue weighted by molar-refractivity contribution is 7.92. The molecule has 0 amide bonds. The summed E-state index contributed by atoms with van der Waals surface area (Å²) in [6.07, 6.45) is 1.03. The SMILES string of the molecule is CCCNC(CS(=O)(=O)C(C)C(C)C)C(C)C. The summed E-state index contributed by atoms with van der Waals surface area (Å²) in [5.74, 6) is 0.777. The van der Waals surface area contributed by atoms with Crippen LogP contribution >= 0.6 is 0 Å². The Morgan fingerprint density at radius 2 is 1.53 bits per heavy atom. The van der Waals surface area contributed by atoms with Crippen molar-refractivity contribution in [1.82, 2.24) is 5.32 Å². The molecule has 0 aromatic carbocycles. The van der Waals surface area contributed by atoms with E-state index in [1.165, 1.54) is 0 Å². The summed E-state index contributed by atoms with van der Waals surface area (Å²) in [5.41, 5.74) is 0. The molecule has 2 atom stereocenters. The minimum absolute atomic E-state index is 0.0705. The van der Waals surface area contributed by atoms with Gasteiger partial charge < -0.3 is 5.32 Å². The Bertz CT molecular complexity index is 297. The normalized spacial score (nSPS) is 16.5. The van der Waals surface area contributed by atoms with Crippen LogP contribution < -0.4 is 5.32 Å². The van der Waals surface area contributed by atoms with E-state index in [1.807, 2.05) is 20.8 Å². The van der Waals surface area contributed by atoms with E-state index in [-0.39, 0.29) is 23.0 Å². The molecule has 0 aromatic heterocycles. The van der Waals surface area contributed by atoms with E-state index < -0.39 is 9.84 Å². The van der Waals surface area contributed by atoms with Gasteiger partial charge in [-0.25, -0.2) is 8.42 Å². The molecule has 0 aromatic rings. The fraction of sp³-hybridized carbons (Fsp3) is 1.00. The highest BCUT2D eigenvalue weighted by Gasteiger charge is 2.28. The first kappa shape index (κ1) is 16.9. The lowest BCUT2D eigenvalue weighted by molar-refractivity contribution is 0.422. The van der Waals surface area contributed by atoms with Gasteiger partial charge in [0.05, 0.1) is 11.0 Å². The average Bonchev–Trinajstić information content (AvgIpc) is 2.22. The quantitative estimate of drug-likeness (QED) is 0.732. The van der Waals surface area contributed by atoms with Crippen molar-refractivity contribution in [1.29, 1.82) is 0 Å². The Morgan fingerprint density at radius 1 is 1.00 bits per heavy atom. The molecular weight excluding hydrogens is 234 g/mol. The number of hydrogen-bond donors (Lipinski definition) is 1. The van der Waals surface area contributed by atoms with Gasteiger partial charge in [0.1, 0.15) is 0 Å². The van der Waals surface area contributed by atoms with Crippen LogP contribution in [0.2, 0.25) is 0 Å². The minimum atomic E-state index is -3.00. The van der Waals surface area contributed by atoms with Crippen molar-refractivity contribution in [3.05, 3.63) is 0 Å². The summed E-state index contributed by atoms with van der Waals surface area (Å²) in [6.45, 7) is 12.9. The van der Waals surface area contributed by atoms with Crippen LogP contribution in [0.1, 0.15) is 48.0 Å². The van der Waals surface area contributed by atoms with Crippen LogP contribution in [0.4, 0.5) is 0 Å². The molecule has 0 bridgehead atoms. The third-order valence-electron chi connectivity index (χ3n) is 3.38. The van der Waals surface area contributed by atoms with Crippen molar-refractivity contribution in [2.24, 2.45) is 11.8 Å². The van der Waals surface area contributed by atoms with Crippen molar-refractivity contribution >= 4 is 9.84 Å². The number of hydrogen-bond acceptors (Lipinski definition) is 3. The van der Waals surface area contributed by atoms with Gasteiger partial charge in [0.25, 0.3) is 0 Å². The van der Waals surface area contributed by atoms with E-state index in [9.17, 15) is 8.42 Å². The summed E-state index contributed by atoms with van der Waals surface area (Å²) in [5, 5.41) is 3.08. The first-order chi connectivity index (χ1) is 7.72. The van der Waals surface area contributed by atoms with Crippen molar-refractivity contribution < 1.29 is 8.42 Å². The van der Waals surface area contributed by atoms with E-state index in [4.69, 9.17) is 0 Å². The number of nitrogens with one attached hydrogen (secondary N) is 1. The topological polar surface area (TPSA) is 46.2 Å². The van der Waals surface area contributed by atoms with Gasteiger partial charge in [0, 0.05) is 6.04 Å². The molecular formula is C13H29NO2S. The van der Waals surface area contributed by atoms with Crippen LogP contribution in [-0.4, -0.2) is 32.0 Å². The molecule has 4 heteroatoms. The van der Waals surface area contributed by atoms with Gasteiger partial charge in [0.2, 0.25) is 0 Å². The van der Waals surface area contributed by atoms with E-state index >= 15 is 0 Å². The van der Waals surface area contributed by atoms with Gasteiger partial charge in [-0.15, -0.1) is 0 Å². The minimum Gasteiger partial charge on any atom is -0.313 e. The van der Waals surface area contributed by atoms with E-state index in [2.05, 4.69) is 26.1 Å². The third kappa shape index (κ3) is 5.87. The molecule has 0 aliphatic rings. The fourth-order valence-corrected chi connectivity index (χ4v) is 3.77. The highest BCUT2D eigenvalue weighted by Crippen LogP contribution is 2.15. The van der Waals surface area contributed by atoms with Crippen LogP contribution in [0.15, 0.2) is 0 Å². The molecule has 0 rings (SSSR count). The Kier molecular flexibility index (Phi) is 7.33. The van der Waals surface area contributed by atoms with Crippen LogP contribution in [-0.2, 0) is 9.84 Å². The predicted octanol–water partition coefficient (Wildman–Crippen LogP) is 2.47. The molecule has 0 spiro atoms. The maximum absolute atomic E-state index is 12.2. The van der Waals surface area contributed by atoms with Crippen molar-refractivity contribution in [2.45, 2.75) is 59.3 Å². The maximum atomic E-state index is 12.2. The summed E-state index contributed by atoms with van der Waals surface area (Å²) in [4.78, 5) is 0. The van der Waals surface area contributed by atoms with Crippen LogP contribution in [0.5, 0.6) is 0 Å². The Hall–Kier alpha value is -0.0900. The molecule has 0 aliphatic carbocycles. The molecule has 1 N–H and O–H groups in total. The molecule has 0 radical (unpaired) electrons. The Morgan fingerprint density at radius 3 is 1.88 bits per heavy atom.